The van der Waals surface area contributed by atoms with Gasteiger partial charge in [0, 0.05) is 36.8 Å². The first kappa shape index (κ1) is 25.0. The van der Waals surface area contributed by atoms with Gasteiger partial charge >= 0.3 is 0 Å². The number of pyridine rings is 1. The van der Waals surface area contributed by atoms with Crippen molar-refractivity contribution >= 4 is 62.2 Å². The molecule has 1 amide bonds. The highest BCUT2D eigenvalue weighted by Crippen LogP contribution is 2.32. The van der Waals surface area contributed by atoms with E-state index in [-0.39, 0.29) is 12.5 Å². The molecule has 5 aromatic rings. The third-order valence-corrected chi connectivity index (χ3v) is 7.33. The highest BCUT2D eigenvalue weighted by Gasteiger charge is 2.15. The molecule has 0 bridgehead atoms. The number of nitrogen functional groups attached to an aromatic ring is 1. The lowest BCUT2D eigenvalue weighted by molar-refractivity contribution is 0.0951. The Hall–Kier alpha value is -3.71. The van der Waals surface area contributed by atoms with Crippen molar-refractivity contribution in [3.63, 3.8) is 0 Å². The van der Waals surface area contributed by atoms with Crippen molar-refractivity contribution in [1.29, 1.82) is 0 Å². The average Bonchev–Trinajstić information content (AvgIpc) is 3.37. The van der Waals surface area contributed by atoms with E-state index in [9.17, 15) is 13.6 Å². The minimum atomic E-state index is -0.957. The fraction of sp³-hybridized carbons (Fsp3) is 0.0769. The molecule has 0 aliphatic rings. The van der Waals surface area contributed by atoms with Crippen molar-refractivity contribution in [1.82, 2.24) is 20.5 Å². The maximum atomic E-state index is 13.5. The zero-order chi connectivity index (χ0) is 25.9. The van der Waals surface area contributed by atoms with Gasteiger partial charge in [0.15, 0.2) is 17.5 Å². The highest BCUT2D eigenvalue weighted by atomic mass is 127. The number of carbonyl (C=O) groups is 1. The van der Waals surface area contributed by atoms with Crippen LogP contribution in [-0.2, 0) is 13.1 Å². The summed E-state index contributed by atoms with van der Waals surface area (Å²) in [5.74, 6) is -1.45. The van der Waals surface area contributed by atoms with Crippen LogP contribution in [0.15, 0.2) is 67.0 Å². The third-order valence-electron chi connectivity index (χ3n) is 5.60. The summed E-state index contributed by atoms with van der Waals surface area (Å²) in [5, 5.41) is 15.6. The van der Waals surface area contributed by atoms with Crippen LogP contribution in [0.1, 0.15) is 20.8 Å². The molecule has 37 heavy (non-hydrogen) atoms. The van der Waals surface area contributed by atoms with Crippen molar-refractivity contribution < 1.29 is 13.6 Å². The number of anilines is 2. The van der Waals surface area contributed by atoms with Crippen LogP contribution in [0.3, 0.4) is 0 Å². The van der Waals surface area contributed by atoms with Crippen molar-refractivity contribution in [2.24, 2.45) is 0 Å². The molecule has 0 spiro atoms. The number of halogens is 3. The van der Waals surface area contributed by atoms with Crippen LogP contribution < -0.4 is 16.4 Å². The summed E-state index contributed by atoms with van der Waals surface area (Å²) in [6, 6.07) is 15.3. The average molecular weight is 628 g/mol. The van der Waals surface area contributed by atoms with E-state index in [0.717, 1.165) is 41.8 Å². The first-order valence-electron chi connectivity index (χ1n) is 11.1. The van der Waals surface area contributed by atoms with Gasteiger partial charge in [0.05, 0.1) is 18.3 Å². The number of thiophene rings is 1. The molecule has 3 heterocycles. The minimum absolute atomic E-state index is 0.0527. The van der Waals surface area contributed by atoms with Gasteiger partial charge in [-0.05, 0) is 70.1 Å². The standard InChI is InChI=1S/C26H19F2IN6OS/c27-21-5-1-14(7-22(21)28)10-33-26(36)20-9-17(29)12-31-25(20)32-13-18-4-6-23(37-18)15-2-3-16-11-34-35-24(30)19(16)8-15/h1-9,11-12H,10,13H2,(H2,30,35)(H,31,32)(H,33,36). The predicted octanol–water partition coefficient (Wildman–Crippen LogP) is 5.76. The van der Waals surface area contributed by atoms with E-state index in [1.165, 1.54) is 6.07 Å². The van der Waals surface area contributed by atoms with E-state index in [2.05, 4.69) is 48.4 Å². The smallest absolute Gasteiger partial charge is 0.255 e. The van der Waals surface area contributed by atoms with E-state index in [1.807, 2.05) is 30.3 Å². The number of nitrogens with two attached hydrogens (primary N) is 1. The van der Waals surface area contributed by atoms with Gasteiger partial charge in [-0.2, -0.15) is 5.10 Å². The van der Waals surface area contributed by atoms with E-state index in [4.69, 9.17) is 5.73 Å². The second-order valence-electron chi connectivity index (χ2n) is 8.13. The summed E-state index contributed by atoms with van der Waals surface area (Å²) >= 11 is 3.70. The molecule has 3 aromatic heterocycles. The van der Waals surface area contributed by atoms with Crippen LogP contribution >= 0.6 is 33.9 Å². The summed E-state index contributed by atoms with van der Waals surface area (Å²) in [4.78, 5) is 19.4. The molecular weight excluding hydrogens is 609 g/mol. The van der Waals surface area contributed by atoms with Gasteiger partial charge in [0.1, 0.15) is 5.82 Å². The van der Waals surface area contributed by atoms with Gasteiger partial charge in [-0.15, -0.1) is 16.4 Å². The van der Waals surface area contributed by atoms with E-state index < -0.39 is 11.6 Å². The minimum Gasteiger partial charge on any atom is -0.382 e. The molecule has 0 unspecified atom stereocenters. The molecule has 2 aromatic carbocycles. The Bertz CT molecular complexity index is 1630. The molecule has 0 aliphatic heterocycles. The number of amides is 1. The molecule has 0 atom stereocenters. The molecule has 11 heteroatoms. The second kappa shape index (κ2) is 10.7. The van der Waals surface area contributed by atoms with Crippen molar-refractivity contribution in [2.45, 2.75) is 13.1 Å². The van der Waals surface area contributed by atoms with E-state index >= 15 is 0 Å². The van der Waals surface area contributed by atoms with Gasteiger partial charge in [0.25, 0.3) is 5.91 Å². The zero-order valence-electron chi connectivity index (χ0n) is 19.1. The first-order chi connectivity index (χ1) is 17.9. The summed E-state index contributed by atoms with van der Waals surface area (Å²) < 4.78 is 27.4. The van der Waals surface area contributed by atoms with Crippen molar-refractivity contribution in [3.8, 4) is 10.4 Å². The topological polar surface area (TPSA) is 106 Å². The number of hydrogen-bond acceptors (Lipinski definition) is 7. The normalized spacial score (nSPS) is 11.0. The number of hydrogen-bond donors (Lipinski definition) is 3. The molecular formula is C26H19F2IN6OS. The monoisotopic (exact) mass is 628 g/mol. The van der Waals surface area contributed by atoms with Gasteiger partial charge in [0.2, 0.25) is 0 Å². The Balaban J connectivity index is 1.29. The van der Waals surface area contributed by atoms with Gasteiger partial charge in [-0.3, -0.25) is 4.79 Å². The molecule has 0 radical (unpaired) electrons. The zero-order valence-corrected chi connectivity index (χ0v) is 22.1. The Morgan fingerprint density at radius 1 is 1.00 bits per heavy atom. The molecule has 5 rings (SSSR count). The van der Waals surface area contributed by atoms with Crippen molar-refractivity contribution in [3.05, 3.63) is 98.2 Å². The largest absolute Gasteiger partial charge is 0.382 e. The summed E-state index contributed by atoms with van der Waals surface area (Å²) in [6.07, 6.45) is 3.34. The lowest BCUT2D eigenvalue weighted by Crippen LogP contribution is -2.24. The Labute approximate surface area is 228 Å². The van der Waals surface area contributed by atoms with Crippen LogP contribution in [0, 0.1) is 15.2 Å². The number of nitrogens with zero attached hydrogens (tertiary/aromatic N) is 3. The molecule has 0 fully saturated rings. The summed E-state index contributed by atoms with van der Waals surface area (Å²) in [5.41, 5.74) is 7.82. The fourth-order valence-electron chi connectivity index (χ4n) is 3.73. The number of benzene rings is 2. The van der Waals surface area contributed by atoms with Crippen LogP contribution in [-0.4, -0.2) is 21.1 Å². The third kappa shape index (κ3) is 5.67. The maximum Gasteiger partial charge on any atom is 0.255 e. The van der Waals surface area contributed by atoms with Crippen LogP contribution in [0.5, 0.6) is 0 Å². The summed E-state index contributed by atoms with van der Waals surface area (Å²) in [7, 11) is 0. The molecule has 0 saturated heterocycles. The van der Waals surface area contributed by atoms with Gasteiger partial charge in [-0.1, -0.05) is 18.2 Å². The number of aromatic nitrogens is 3. The predicted molar refractivity (Wildman–Crippen MR) is 149 cm³/mol. The van der Waals surface area contributed by atoms with Crippen LogP contribution in [0.25, 0.3) is 21.2 Å². The Morgan fingerprint density at radius 3 is 2.70 bits per heavy atom. The van der Waals surface area contributed by atoms with E-state index in [1.54, 1.807) is 29.8 Å². The SMILES string of the molecule is Nc1nncc2ccc(-c3ccc(CNc4ncc(I)cc4C(=O)NCc4ccc(F)c(F)c4)s3)cc12. The maximum absolute atomic E-state index is 13.5. The van der Waals surface area contributed by atoms with E-state index in [0.29, 0.717) is 29.3 Å². The highest BCUT2D eigenvalue weighted by molar-refractivity contribution is 14.1. The van der Waals surface area contributed by atoms with Crippen LogP contribution in [0.2, 0.25) is 0 Å². The molecule has 7 nitrogen and oxygen atoms in total. The Morgan fingerprint density at radius 2 is 1.86 bits per heavy atom. The summed E-state index contributed by atoms with van der Waals surface area (Å²) in [6.45, 7) is 0.514. The van der Waals surface area contributed by atoms with Crippen molar-refractivity contribution in [2.75, 3.05) is 11.1 Å². The van der Waals surface area contributed by atoms with Gasteiger partial charge < -0.3 is 16.4 Å². The first-order valence-corrected chi connectivity index (χ1v) is 13.0. The lowest BCUT2D eigenvalue weighted by Gasteiger charge is -2.12. The quantitative estimate of drug-likeness (QED) is 0.198. The Kier molecular flexibility index (Phi) is 7.24. The number of nitrogens with one attached hydrogen (secondary N) is 2. The number of carbonyl (C=O) groups excluding carboxylic acids is 1. The lowest BCUT2D eigenvalue weighted by atomic mass is 10.1. The molecule has 186 valence electrons. The molecule has 4 N–H and O–H groups in total. The molecule has 0 saturated carbocycles. The molecule has 0 aliphatic carbocycles. The second-order valence-corrected chi connectivity index (χ2v) is 10.5. The number of fused-ring (bicyclic) bond motifs is 1. The fourth-order valence-corrected chi connectivity index (χ4v) is 5.12. The van der Waals surface area contributed by atoms with Crippen LogP contribution in [0.4, 0.5) is 20.4 Å². The van der Waals surface area contributed by atoms with Gasteiger partial charge in [-0.25, -0.2) is 13.8 Å². The number of rotatable bonds is 7.